The Morgan fingerprint density at radius 2 is 1.67 bits per heavy atom. The molecule has 244 valence electrons. The van der Waals surface area contributed by atoms with Crippen molar-refractivity contribution in [3.05, 3.63) is 88.8 Å². The van der Waals surface area contributed by atoms with Crippen molar-refractivity contribution in [2.75, 3.05) is 24.2 Å². The second-order valence-corrected chi connectivity index (χ2v) is 12.4. The van der Waals surface area contributed by atoms with Gasteiger partial charge in [0.25, 0.3) is 5.89 Å². The summed E-state index contributed by atoms with van der Waals surface area (Å²) in [5.41, 5.74) is -3.15. The second-order valence-electron chi connectivity index (χ2n) is 10.4. The molecule has 0 radical (unpaired) electrons. The third-order valence-corrected chi connectivity index (χ3v) is 8.51. The normalized spacial score (nSPS) is 16.1. The van der Waals surface area contributed by atoms with Crippen LogP contribution in [0.4, 0.5) is 36.4 Å². The van der Waals surface area contributed by atoms with Crippen molar-refractivity contribution < 1.29 is 48.4 Å². The Bertz CT molecular complexity index is 1830. The number of nitrogens with zero attached hydrogens (tertiary/aromatic N) is 6. The summed E-state index contributed by atoms with van der Waals surface area (Å²) in [5.74, 6) is -2.15. The van der Waals surface area contributed by atoms with Gasteiger partial charge in [-0.25, -0.2) is 27.1 Å². The Balaban J connectivity index is 1.37. The second kappa shape index (κ2) is 12.4. The molecule has 46 heavy (non-hydrogen) atoms. The van der Waals surface area contributed by atoms with E-state index in [9.17, 15) is 43.9 Å². The summed E-state index contributed by atoms with van der Waals surface area (Å²) < 4.78 is 125. The van der Waals surface area contributed by atoms with Gasteiger partial charge in [-0.1, -0.05) is 6.07 Å². The number of alkyl halides is 6. The van der Waals surface area contributed by atoms with Crippen LogP contribution < -0.4 is 4.90 Å². The summed E-state index contributed by atoms with van der Waals surface area (Å²) in [6.45, 7) is 0.134. The molecular formula is C28H23F7N6O4S. The molecule has 1 aliphatic rings. The Kier molecular flexibility index (Phi) is 8.87. The number of carbonyl (C=O) groups excluding carboxylic acids is 1. The fraction of sp³-hybridized carbons (Fsp3) is 0.321. The average molecular weight is 673 g/mol. The number of hydrogen-bond donors (Lipinski definition) is 0. The van der Waals surface area contributed by atoms with Crippen LogP contribution in [0.3, 0.4) is 0 Å². The number of sulfonamides is 1. The minimum absolute atomic E-state index is 0.000279. The lowest BCUT2D eigenvalue weighted by molar-refractivity contribution is -0.143. The Hall–Kier alpha value is -4.45. The van der Waals surface area contributed by atoms with Gasteiger partial charge in [0.2, 0.25) is 27.6 Å². The molecular weight excluding hydrogens is 649 g/mol. The van der Waals surface area contributed by atoms with Crippen LogP contribution in [0.2, 0.25) is 0 Å². The molecule has 5 rings (SSSR count). The molecule has 1 atom stereocenters. The van der Waals surface area contributed by atoms with Gasteiger partial charge in [-0.15, -0.1) is 10.2 Å². The first-order chi connectivity index (χ1) is 21.5. The molecule has 10 nitrogen and oxygen atoms in total. The van der Waals surface area contributed by atoms with Crippen LogP contribution in [-0.4, -0.2) is 58.1 Å². The molecule has 4 aromatic rings. The monoisotopic (exact) mass is 672 g/mol. The van der Waals surface area contributed by atoms with Gasteiger partial charge in [-0.3, -0.25) is 4.79 Å². The first kappa shape index (κ1) is 32.9. The van der Waals surface area contributed by atoms with Gasteiger partial charge in [0.15, 0.2) is 0 Å². The maximum absolute atomic E-state index is 13.7. The number of rotatable bonds is 8. The van der Waals surface area contributed by atoms with E-state index in [2.05, 4.69) is 20.2 Å². The van der Waals surface area contributed by atoms with E-state index in [-0.39, 0.29) is 41.8 Å². The first-order valence-electron chi connectivity index (χ1n) is 13.4. The molecule has 0 bridgehead atoms. The summed E-state index contributed by atoms with van der Waals surface area (Å²) in [5, 5.41) is 7.71. The lowest BCUT2D eigenvalue weighted by atomic mass is 10.00. The van der Waals surface area contributed by atoms with Crippen molar-refractivity contribution >= 4 is 21.6 Å². The van der Waals surface area contributed by atoms with Gasteiger partial charge in [-0.05, 0) is 53.9 Å². The lowest BCUT2D eigenvalue weighted by Crippen LogP contribution is -2.32. The highest BCUT2D eigenvalue weighted by Gasteiger charge is 2.39. The topological polar surface area (TPSA) is 122 Å². The Morgan fingerprint density at radius 1 is 1.00 bits per heavy atom. The molecule has 18 heteroatoms. The molecule has 1 unspecified atom stereocenters. The van der Waals surface area contributed by atoms with E-state index in [1.54, 1.807) is 0 Å². The number of carbonyl (C=O) groups is 1. The predicted molar refractivity (Wildman–Crippen MR) is 147 cm³/mol. The third-order valence-electron chi connectivity index (χ3n) is 7.24. The number of aromatic nitrogens is 4. The predicted octanol–water partition coefficient (Wildman–Crippen LogP) is 5.23. The Morgan fingerprint density at radius 3 is 2.26 bits per heavy atom. The van der Waals surface area contributed by atoms with Gasteiger partial charge in [0.1, 0.15) is 12.4 Å². The van der Waals surface area contributed by atoms with Crippen LogP contribution in [0.25, 0.3) is 11.7 Å². The smallest absolute Gasteiger partial charge is 0.416 e. The van der Waals surface area contributed by atoms with Crippen molar-refractivity contribution in [3.8, 4) is 11.7 Å². The fourth-order valence-corrected chi connectivity index (χ4v) is 5.77. The van der Waals surface area contributed by atoms with E-state index < -0.39 is 63.8 Å². The molecule has 0 saturated carbocycles. The summed E-state index contributed by atoms with van der Waals surface area (Å²) in [4.78, 5) is 22.7. The van der Waals surface area contributed by atoms with E-state index in [0.717, 1.165) is 23.3 Å². The average Bonchev–Trinajstić information content (AvgIpc) is 3.66. The number of benzene rings is 2. The molecule has 0 aliphatic carbocycles. The molecule has 2 aromatic carbocycles. The number of hydrogen-bond acceptors (Lipinski definition) is 8. The standard InChI is InChI=1S/C28H23F7N6O4S/c1-46(43,44)40-9-8-17(14-40)18-12-36-25(37-13-18)26-39-38-23(45-26)15-41(21-6-4-20(29)5-7-21)24(42)10-16-2-3-19(27(30,31)32)11-22(16)28(33,34)35/h2-7,11-13,17H,8-10,14-15H2,1H3. The molecule has 0 N–H and O–H groups in total. The van der Waals surface area contributed by atoms with Gasteiger partial charge < -0.3 is 9.32 Å². The minimum Gasteiger partial charge on any atom is -0.416 e. The zero-order chi connectivity index (χ0) is 33.4. The minimum atomic E-state index is -5.20. The number of amides is 1. The van der Waals surface area contributed by atoms with Gasteiger partial charge in [-0.2, -0.15) is 26.3 Å². The summed E-state index contributed by atoms with van der Waals surface area (Å²) in [7, 11) is -3.34. The molecule has 1 amide bonds. The SMILES string of the molecule is CS(=O)(=O)N1CCC(c2cnc(-c3nnc(CN(C(=O)Cc4ccc(C(F)(F)F)cc4C(F)(F)F)c4ccc(F)cc4)o3)nc2)C1. The van der Waals surface area contributed by atoms with Crippen molar-refractivity contribution in [3.63, 3.8) is 0 Å². The zero-order valence-electron chi connectivity index (χ0n) is 23.7. The summed E-state index contributed by atoms with van der Waals surface area (Å²) in [6.07, 6.45) is -6.53. The van der Waals surface area contributed by atoms with Gasteiger partial charge in [0.05, 0.1) is 23.8 Å². The largest absolute Gasteiger partial charge is 0.416 e. The molecule has 1 aliphatic heterocycles. The van der Waals surface area contributed by atoms with Crippen molar-refractivity contribution in [1.29, 1.82) is 0 Å². The first-order valence-corrected chi connectivity index (χ1v) is 15.3. The maximum atomic E-state index is 13.7. The highest BCUT2D eigenvalue weighted by Crippen LogP contribution is 2.38. The van der Waals surface area contributed by atoms with E-state index >= 15 is 0 Å². The molecule has 0 spiro atoms. The molecule has 1 fully saturated rings. The quantitative estimate of drug-likeness (QED) is 0.234. The van der Waals surface area contributed by atoms with Crippen LogP contribution in [-0.2, 0) is 40.1 Å². The van der Waals surface area contributed by atoms with Crippen LogP contribution in [0.1, 0.15) is 40.5 Å². The Labute approximate surface area is 256 Å². The van der Waals surface area contributed by atoms with E-state index in [0.29, 0.717) is 30.7 Å². The fourth-order valence-electron chi connectivity index (χ4n) is 4.88. The van der Waals surface area contributed by atoms with Crippen molar-refractivity contribution in [2.45, 2.75) is 37.7 Å². The van der Waals surface area contributed by atoms with E-state index in [1.165, 1.54) is 28.8 Å². The maximum Gasteiger partial charge on any atom is 0.416 e. The number of anilines is 1. The third kappa shape index (κ3) is 7.50. The summed E-state index contributed by atoms with van der Waals surface area (Å²) >= 11 is 0. The zero-order valence-corrected chi connectivity index (χ0v) is 24.5. The van der Waals surface area contributed by atoms with Crippen molar-refractivity contribution in [1.82, 2.24) is 24.5 Å². The highest BCUT2D eigenvalue weighted by atomic mass is 32.2. The number of halogens is 7. The van der Waals surface area contributed by atoms with E-state index in [1.807, 2.05) is 0 Å². The van der Waals surface area contributed by atoms with Crippen LogP contribution >= 0.6 is 0 Å². The van der Waals surface area contributed by atoms with Crippen LogP contribution in [0.5, 0.6) is 0 Å². The molecule has 2 aromatic heterocycles. The van der Waals surface area contributed by atoms with Crippen LogP contribution in [0, 0.1) is 5.82 Å². The molecule has 3 heterocycles. The van der Waals surface area contributed by atoms with Gasteiger partial charge in [0, 0.05) is 37.1 Å². The molecule has 1 saturated heterocycles. The highest BCUT2D eigenvalue weighted by molar-refractivity contribution is 7.88. The van der Waals surface area contributed by atoms with Gasteiger partial charge >= 0.3 is 12.4 Å². The summed E-state index contributed by atoms with van der Waals surface area (Å²) in [6, 6.07) is 5.34. The van der Waals surface area contributed by atoms with E-state index in [4.69, 9.17) is 4.42 Å². The van der Waals surface area contributed by atoms with Crippen LogP contribution in [0.15, 0.2) is 59.3 Å². The lowest BCUT2D eigenvalue weighted by Gasteiger charge is -2.23. The van der Waals surface area contributed by atoms with Crippen molar-refractivity contribution in [2.24, 2.45) is 0 Å².